The number of aliphatic imine (C=N–C) groups is 1. The van der Waals surface area contributed by atoms with E-state index in [4.69, 9.17) is 0 Å². The third-order valence-electron chi connectivity index (χ3n) is 4.25. The lowest BCUT2D eigenvalue weighted by atomic mass is 10.2. The number of nitrogens with zero attached hydrogens (tertiary/aromatic N) is 3. The minimum absolute atomic E-state index is 0.109. The molecule has 2 heterocycles. The molecule has 5 nitrogen and oxygen atoms in total. The van der Waals surface area contributed by atoms with Crippen molar-refractivity contribution in [3.8, 4) is 0 Å². The lowest BCUT2D eigenvalue weighted by molar-refractivity contribution is 0.599. The van der Waals surface area contributed by atoms with Crippen LogP contribution in [0.5, 0.6) is 0 Å². The van der Waals surface area contributed by atoms with Crippen molar-refractivity contribution in [2.45, 2.75) is 19.0 Å². The number of anilines is 1. The van der Waals surface area contributed by atoms with Gasteiger partial charge in [-0.15, -0.1) is 0 Å². The van der Waals surface area contributed by atoms with Gasteiger partial charge in [0.1, 0.15) is 5.82 Å². The second-order valence-corrected chi connectivity index (χ2v) is 6.96. The van der Waals surface area contributed by atoms with Gasteiger partial charge in [0.25, 0.3) is 0 Å². The summed E-state index contributed by atoms with van der Waals surface area (Å²) in [7, 11) is 1.67. The van der Waals surface area contributed by atoms with Crippen LogP contribution in [0, 0.1) is 11.6 Å². The standard InChI is InChI=1S/C18H20BrF2N5/c1-22-18(24-10-12-4-5-13(19)9-16(12)21)25-14-6-8-26(11-14)17-15(20)3-2-7-23-17/h2-5,7,9,14H,6,8,10-11H2,1H3,(H2,22,24,25). The molecule has 2 N–H and O–H groups in total. The Labute approximate surface area is 159 Å². The van der Waals surface area contributed by atoms with Crippen LogP contribution in [0.1, 0.15) is 12.0 Å². The minimum Gasteiger partial charge on any atom is -0.352 e. The quantitative estimate of drug-likeness (QED) is 0.585. The van der Waals surface area contributed by atoms with Crippen molar-refractivity contribution in [3.05, 3.63) is 58.2 Å². The molecular weight excluding hydrogens is 404 g/mol. The number of rotatable bonds is 4. The van der Waals surface area contributed by atoms with Crippen LogP contribution < -0.4 is 15.5 Å². The molecule has 1 atom stereocenters. The average molecular weight is 424 g/mol. The Balaban J connectivity index is 1.55. The molecule has 0 amide bonds. The molecule has 26 heavy (non-hydrogen) atoms. The molecule has 0 radical (unpaired) electrons. The largest absolute Gasteiger partial charge is 0.352 e. The van der Waals surface area contributed by atoms with Gasteiger partial charge in [0, 0.05) is 49.0 Å². The Morgan fingerprint density at radius 3 is 2.92 bits per heavy atom. The molecule has 1 aromatic heterocycles. The molecule has 1 aromatic carbocycles. The summed E-state index contributed by atoms with van der Waals surface area (Å²) in [5, 5.41) is 6.42. The number of nitrogens with one attached hydrogen (secondary N) is 2. The molecule has 0 saturated carbocycles. The van der Waals surface area contributed by atoms with Crippen LogP contribution in [0.4, 0.5) is 14.6 Å². The molecule has 1 unspecified atom stereocenters. The van der Waals surface area contributed by atoms with Crippen LogP contribution in [-0.4, -0.2) is 37.1 Å². The fraction of sp³-hybridized carbons (Fsp3) is 0.333. The van der Waals surface area contributed by atoms with Crippen molar-refractivity contribution in [2.75, 3.05) is 25.0 Å². The molecule has 2 aromatic rings. The summed E-state index contributed by atoms with van der Waals surface area (Å²) in [6.07, 6.45) is 2.43. The summed E-state index contributed by atoms with van der Waals surface area (Å²) in [4.78, 5) is 10.2. The number of benzene rings is 1. The van der Waals surface area contributed by atoms with Crippen LogP contribution in [0.25, 0.3) is 0 Å². The van der Waals surface area contributed by atoms with Crippen LogP contribution in [-0.2, 0) is 6.54 Å². The van der Waals surface area contributed by atoms with Gasteiger partial charge in [-0.05, 0) is 30.7 Å². The average Bonchev–Trinajstić information content (AvgIpc) is 3.08. The summed E-state index contributed by atoms with van der Waals surface area (Å²) in [6.45, 7) is 1.66. The maximum Gasteiger partial charge on any atom is 0.191 e. The van der Waals surface area contributed by atoms with E-state index < -0.39 is 0 Å². The summed E-state index contributed by atoms with van der Waals surface area (Å²) in [6, 6.07) is 8.06. The van der Waals surface area contributed by atoms with Gasteiger partial charge in [-0.2, -0.15) is 0 Å². The van der Waals surface area contributed by atoms with Gasteiger partial charge >= 0.3 is 0 Å². The fourth-order valence-corrected chi connectivity index (χ4v) is 3.25. The first kappa shape index (κ1) is 18.6. The monoisotopic (exact) mass is 423 g/mol. The highest BCUT2D eigenvalue weighted by Gasteiger charge is 2.25. The highest BCUT2D eigenvalue weighted by molar-refractivity contribution is 9.10. The van der Waals surface area contributed by atoms with Crippen LogP contribution in [0.3, 0.4) is 0 Å². The van der Waals surface area contributed by atoms with Crippen LogP contribution in [0.15, 0.2) is 46.0 Å². The van der Waals surface area contributed by atoms with Crippen molar-refractivity contribution in [2.24, 2.45) is 4.99 Å². The highest BCUT2D eigenvalue weighted by Crippen LogP contribution is 2.20. The summed E-state index contributed by atoms with van der Waals surface area (Å²) >= 11 is 3.25. The van der Waals surface area contributed by atoms with Gasteiger partial charge in [0.15, 0.2) is 17.6 Å². The second kappa shape index (κ2) is 8.44. The lowest BCUT2D eigenvalue weighted by Gasteiger charge is -2.20. The van der Waals surface area contributed by atoms with Crippen molar-refractivity contribution in [3.63, 3.8) is 0 Å². The Kier molecular flexibility index (Phi) is 6.03. The lowest BCUT2D eigenvalue weighted by Crippen LogP contribution is -2.44. The molecule has 0 spiro atoms. The SMILES string of the molecule is CN=C(NCc1ccc(Br)cc1F)NC1CCN(c2ncccc2F)C1. The second-order valence-electron chi connectivity index (χ2n) is 6.05. The first-order valence-electron chi connectivity index (χ1n) is 8.33. The molecular formula is C18H20BrF2N5. The number of hydrogen-bond acceptors (Lipinski definition) is 3. The predicted octanol–water partition coefficient (Wildman–Crippen LogP) is 3.07. The summed E-state index contributed by atoms with van der Waals surface area (Å²) in [5.41, 5.74) is 0.555. The van der Waals surface area contributed by atoms with E-state index in [0.29, 0.717) is 41.4 Å². The van der Waals surface area contributed by atoms with Crippen LogP contribution >= 0.6 is 15.9 Å². The number of pyridine rings is 1. The van der Waals surface area contributed by atoms with E-state index in [9.17, 15) is 8.78 Å². The van der Waals surface area contributed by atoms with E-state index in [1.54, 1.807) is 31.4 Å². The van der Waals surface area contributed by atoms with E-state index in [-0.39, 0.29) is 17.7 Å². The zero-order chi connectivity index (χ0) is 18.5. The van der Waals surface area contributed by atoms with Crippen molar-refractivity contribution in [1.29, 1.82) is 0 Å². The maximum absolute atomic E-state index is 13.9. The number of aromatic nitrogens is 1. The molecule has 1 aliphatic heterocycles. The van der Waals surface area contributed by atoms with Gasteiger partial charge in [-0.25, -0.2) is 13.8 Å². The molecule has 1 fully saturated rings. The maximum atomic E-state index is 13.9. The third kappa shape index (κ3) is 4.49. The first-order valence-corrected chi connectivity index (χ1v) is 9.12. The zero-order valence-electron chi connectivity index (χ0n) is 14.3. The summed E-state index contributed by atoms with van der Waals surface area (Å²) in [5.74, 6) is 0.360. The highest BCUT2D eigenvalue weighted by atomic mass is 79.9. The molecule has 138 valence electrons. The van der Waals surface area contributed by atoms with Gasteiger partial charge in [-0.1, -0.05) is 22.0 Å². The normalized spacial score (nSPS) is 17.5. The van der Waals surface area contributed by atoms with E-state index in [1.165, 1.54) is 12.1 Å². The van der Waals surface area contributed by atoms with E-state index in [0.717, 1.165) is 6.42 Å². The Morgan fingerprint density at radius 2 is 2.19 bits per heavy atom. The Bertz CT molecular complexity index is 799. The van der Waals surface area contributed by atoms with E-state index in [1.807, 2.05) is 4.90 Å². The van der Waals surface area contributed by atoms with Gasteiger partial charge in [-0.3, -0.25) is 4.99 Å². The van der Waals surface area contributed by atoms with E-state index >= 15 is 0 Å². The number of halogens is 3. The van der Waals surface area contributed by atoms with Gasteiger partial charge in [0.2, 0.25) is 0 Å². The molecule has 0 aliphatic carbocycles. The van der Waals surface area contributed by atoms with Crippen molar-refractivity contribution >= 4 is 27.7 Å². The number of hydrogen-bond donors (Lipinski definition) is 2. The third-order valence-corrected chi connectivity index (χ3v) is 4.75. The van der Waals surface area contributed by atoms with Crippen molar-refractivity contribution < 1.29 is 8.78 Å². The van der Waals surface area contributed by atoms with E-state index in [2.05, 4.69) is 36.5 Å². The minimum atomic E-state index is -0.318. The Morgan fingerprint density at radius 1 is 1.35 bits per heavy atom. The molecule has 0 bridgehead atoms. The van der Waals surface area contributed by atoms with Crippen LogP contribution in [0.2, 0.25) is 0 Å². The van der Waals surface area contributed by atoms with Gasteiger partial charge in [0.05, 0.1) is 0 Å². The molecule has 3 rings (SSSR count). The smallest absolute Gasteiger partial charge is 0.191 e. The molecule has 1 saturated heterocycles. The topological polar surface area (TPSA) is 52.6 Å². The van der Waals surface area contributed by atoms with Gasteiger partial charge < -0.3 is 15.5 Å². The molecule has 8 heteroatoms. The first-order chi connectivity index (χ1) is 12.6. The molecule has 1 aliphatic rings. The predicted molar refractivity (Wildman–Crippen MR) is 102 cm³/mol. The fourth-order valence-electron chi connectivity index (χ4n) is 2.91. The Hall–Kier alpha value is -2.22. The zero-order valence-corrected chi connectivity index (χ0v) is 15.9. The van der Waals surface area contributed by atoms with Crippen molar-refractivity contribution in [1.82, 2.24) is 15.6 Å². The summed E-state index contributed by atoms with van der Waals surface area (Å²) < 4.78 is 28.5. The number of guanidine groups is 1.